The summed E-state index contributed by atoms with van der Waals surface area (Å²) in [5.74, 6) is -0.0698. The van der Waals surface area contributed by atoms with Gasteiger partial charge in [0.15, 0.2) is 0 Å². The summed E-state index contributed by atoms with van der Waals surface area (Å²) in [6, 6.07) is 0. The lowest BCUT2D eigenvalue weighted by Gasteiger charge is -2.26. The number of ether oxygens (including phenoxy) is 8. The molecule has 0 aliphatic carbocycles. The van der Waals surface area contributed by atoms with Gasteiger partial charge in [0.1, 0.15) is 6.29 Å². The molecule has 2 heterocycles. The third-order valence-electron chi connectivity index (χ3n) is 7.02. The van der Waals surface area contributed by atoms with Gasteiger partial charge in [-0.15, -0.1) is 0 Å². The number of carbonyl (C=O) groups is 4. The van der Waals surface area contributed by atoms with Crippen LogP contribution in [0.15, 0.2) is 12.2 Å². The number of rotatable bonds is 30. The van der Waals surface area contributed by atoms with Gasteiger partial charge in [-0.05, 0) is 38.9 Å². The lowest BCUT2D eigenvalue weighted by molar-refractivity contribution is -0.137. The van der Waals surface area contributed by atoms with Crippen LogP contribution in [0.25, 0.3) is 0 Å². The van der Waals surface area contributed by atoms with Crippen molar-refractivity contribution in [3.63, 3.8) is 0 Å². The lowest BCUT2D eigenvalue weighted by atomic mass is 10.00. The molecule has 0 aromatic heterocycles. The molecule has 1 saturated heterocycles. The molecule has 0 aromatic carbocycles. The number of aldehydes is 1. The number of nitrogens with zero attached hydrogens (tertiary/aromatic N) is 2. The summed E-state index contributed by atoms with van der Waals surface area (Å²) >= 11 is 0. The summed E-state index contributed by atoms with van der Waals surface area (Å²) in [6.45, 7) is 16.5. The summed E-state index contributed by atoms with van der Waals surface area (Å²) in [5.41, 5.74) is 0. The Hall–Kier alpha value is -2.34. The Morgan fingerprint density at radius 2 is 1.04 bits per heavy atom. The van der Waals surface area contributed by atoms with Crippen LogP contribution in [0.5, 0.6) is 0 Å². The maximum Gasteiger partial charge on any atom is 0.253 e. The Labute approximate surface area is 299 Å². The zero-order chi connectivity index (χ0) is 36.9. The molecule has 0 aromatic rings. The first-order valence-corrected chi connectivity index (χ1v) is 18.0. The van der Waals surface area contributed by atoms with Crippen molar-refractivity contribution in [3.05, 3.63) is 12.2 Å². The fraction of sp³-hybridized carbons (Fsp3) is 0.829. The molecule has 0 spiro atoms. The average molecular weight is 720 g/mol. The van der Waals surface area contributed by atoms with Crippen molar-refractivity contribution >= 4 is 24.0 Å². The molecule has 292 valence electrons. The van der Waals surface area contributed by atoms with Crippen molar-refractivity contribution in [2.75, 3.05) is 139 Å². The van der Waals surface area contributed by atoms with E-state index in [4.69, 9.17) is 37.9 Å². The van der Waals surface area contributed by atoms with E-state index in [1.54, 1.807) is 0 Å². The second-order valence-electron chi connectivity index (χ2n) is 11.1. The van der Waals surface area contributed by atoms with Crippen LogP contribution in [0.3, 0.4) is 0 Å². The van der Waals surface area contributed by atoms with E-state index in [2.05, 4.69) is 24.2 Å². The van der Waals surface area contributed by atoms with Crippen molar-refractivity contribution in [2.45, 2.75) is 46.5 Å². The first-order valence-electron chi connectivity index (χ1n) is 18.0. The maximum atomic E-state index is 11.7. The number of hydrogen-bond acceptors (Lipinski definition) is 13. The van der Waals surface area contributed by atoms with Crippen LogP contribution < -0.4 is 5.32 Å². The molecule has 0 bridgehead atoms. The molecular weight excluding hydrogens is 654 g/mol. The van der Waals surface area contributed by atoms with E-state index in [1.165, 1.54) is 38.1 Å². The molecule has 1 N–H and O–H groups in total. The van der Waals surface area contributed by atoms with E-state index in [1.807, 2.05) is 13.8 Å². The Balaban J connectivity index is 0.00000206. The number of nitrogens with one attached hydrogen (secondary N) is 1. The number of imide groups is 1. The molecular formula is C35H65N3O12. The van der Waals surface area contributed by atoms with Crippen LogP contribution >= 0.6 is 0 Å². The molecule has 50 heavy (non-hydrogen) atoms. The first kappa shape index (κ1) is 47.7. The molecule has 3 amide bonds. The maximum absolute atomic E-state index is 11.7. The van der Waals surface area contributed by atoms with Crippen LogP contribution in [-0.4, -0.2) is 173 Å². The molecule has 2 aliphatic rings. The van der Waals surface area contributed by atoms with Gasteiger partial charge < -0.3 is 52.9 Å². The summed E-state index contributed by atoms with van der Waals surface area (Å²) < 4.78 is 42.9. The van der Waals surface area contributed by atoms with Gasteiger partial charge >= 0.3 is 0 Å². The number of likely N-dealkylation sites (tertiary alicyclic amines) is 1. The van der Waals surface area contributed by atoms with E-state index < -0.39 is 11.8 Å². The summed E-state index contributed by atoms with van der Waals surface area (Å²) in [4.78, 5) is 48.1. The molecule has 1 fully saturated rings. The third-order valence-corrected chi connectivity index (χ3v) is 7.02. The SMILES string of the molecule is CC.CC1CCN(C)CC1.O=CCCOCCOCCOCCOCCOCCOCCOCCOCCNC(=O)CCN1C(=O)C=CC1=O. The normalized spacial score (nSPS) is 14.7. The van der Waals surface area contributed by atoms with Gasteiger partial charge in [-0.25, -0.2) is 0 Å². The van der Waals surface area contributed by atoms with Crippen molar-refractivity contribution in [1.29, 1.82) is 0 Å². The zero-order valence-corrected chi connectivity index (χ0v) is 31.1. The van der Waals surface area contributed by atoms with Crippen molar-refractivity contribution < 1.29 is 57.1 Å². The van der Waals surface area contributed by atoms with Crippen LogP contribution in [0.4, 0.5) is 0 Å². The van der Waals surface area contributed by atoms with Crippen molar-refractivity contribution in [2.24, 2.45) is 5.92 Å². The topological polar surface area (TPSA) is 161 Å². The molecule has 0 radical (unpaired) electrons. The van der Waals surface area contributed by atoms with E-state index in [0.29, 0.717) is 119 Å². The predicted molar refractivity (Wildman–Crippen MR) is 188 cm³/mol. The molecule has 15 heteroatoms. The predicted octanol–water partition coefficient (Wildman–Crippen LogP) is 1.51. The number of amides is 3. The largest absolute Gasteiger partial charge is 0.379 e. The summed E-state index contributed by atoms with van der Waals surface area (Å²) in [7, 11) is 2.20. The highest BCUT2D eigenvalue weighted by Gasteiger charge is 2.23. The minimum atomic E-state index is -0.397. The van der Waals surface area contributed by atoms with Gasteiger partial charge in [-0.3, -0.25) is 19.3 Å². The highest BCUT2D eigenvalue weighted by atomic mass is 16.6. The first-order chi connectivity index (χ1) is 24.4. The quantitative estimate of drug-likeness (QED) is 0.0647. The summed E-state index contributed by atoms with van der Waals surface area (Å²) in [5, 5.41) is 2.67. The van der Waals surface area contributed by atoms with E-state index in [9.17, 15) is 19.2 Å². The van der Waals surface area contributed by atoms with Crippen LogP contribution in [0, 0.1) is 5.92 Å². The molecule has 0 atom stereocenters. The Morgan fingerprint density at radius 3 is 1.40 bits per heavy atom. The smallest absolute Gasteiger partial charge is 0.253 e. The van der Waals surface area contributed by atoms with Crippen molar-refractivity contribution in [1.82, 2.24) is 15.1 Å². The summed E-state index contributed by atoms with van der Waals surface area (Å²) in [6.07, 6.45) is 6.46. The van der Waals surface area contributed by atoms with E-state index in [0.717, 1.165) is 17.1 Å². The molecule has 15 nitrogen and oxygen atoms in total. The Kier molecular flexibility index (Phi) is 34.7. The number of hydrogen-bond donors (Lipinski definition) is 1. The van der Waals surface area contributed by atoms with Gasteiger partial charge in [0.2, 0.25) is 5.91 Å². The molecule has 0 saturated carbocycles. The second-order valence-corrected chi connectivity index (χ2v) is 11.1. The van der Waals surface area contributed by atoms with Gasteiger partial charge in [-0.1, -0.05) is 20.8 Å². The fourth-order valence-corrected chi connectivity index (χ4v) is 4.13. The Morgan fingerprint density at radius 1 is 0.680 bits per heavy atom. The second kappa shape index (κ2) is 36.5. The number of carbonyl (C=O) groups excluding carboxylic acids is 4. The average Bonchev–Trinajstić information content (AvgIpc) is 3.45. The minimum Gasteiger partial charge on any atom is -0.379 e. The van der Waals surface area contributed by atoms with Gasteiger partial charge in [-0.2, -0.15) is 0 Å². The van der Waals surface area contributed by atoms with E-state index >= 15 is 0 Å². The van der Waals surface area contributed by atoms with Crippen LogP contribution in [0.1, 0.15) is 46.5 Å². The van der Waals surface area contributed by atoms with Gasteiger partial charge in [0.25, 0.3) is 11.8 Å². The van der Waals surface area contributed by atoms with E-state index in [-0.39, 0.29) is 18.9 Å². The Bertz CT molecular complexity index is 829. The molecule has 2 rings (SSSR count). The monoisotopic (exact) mass is 719 g/mol. The minimum absolute atomic E-state index is 0.0535. The molecule has 2 aliphatic heterocycles. The van der Waals surface area contributed by atoms with Gasteiger partial charge in [0.05, 0.1) is 106 Å². The lowest BCUT2D eigenvalue weighted by Crippen LogP contribution is -2.35. The molecule has 0 unspecified atom stereocenters. The highest BCUT2D eigenvalue weighted by Crippen LogP contribution is 2.13. The fourth-order valence-electron chi connectivity index (χ4n) is 4.13. The standard InChI is InChI=1S/C26H44N2O12.C7H15N.C2H6/c29-7-1-8-33-10-12-35-14-16-37-18-20-39-22-23-40-21-19-38-17-15-36-13-11-34-9-5-27-24(30)4-6-28-25(31)2-3-26(28)32;1-7-3-5-8(2)6-4-7;1-2/h2-3,7H,1,4-6,8-23H2,(H,27,30);7H,3-6H2,1-2H3;1-2H3. The van der Waals surface area contributed by atoms with Crippen LogP contribution in [-0.2, 0) is 57.1 Å². The highest BCUT2D eigenvalue weighted by molar-refractivity contribution is 6.13. The van der Waals surface area contributed by atoms with Crippen molar-refractivity contribution in [3.8, 4) is 0 Å². The van der Waals surface area contributed by atoms with Gasteiger partial charge in [0, 0.05) is 38.1 Å². The number of piperidine rings is 1. The van der Waals surface area contributed by atoms with Crippen LogP contribution in [0.2, 0.25) is 0 Å². The zero-order valence-electron chi connectivity index (χ0n) is 31.1. The third kappa shape index (κ3) is 30.5.